The second-order valence-electron chi connectivity index (χ2n) is 12.0. The highest BCUT2D eigenvalue weighted by molar-refractivity contribution is 7.84. The molecule has 0 aliphatic carbocycles. The van der Waals surface area contributed by atoms with Crippen molar-refractivity contribution in [1.29, 1.82) is 0 Å². The smallest absolute Gasteiger partial charge is 0.413 e. The van der Waals surface area contributed by atoms with Gasteiger partial charge in [-0.25, -0.2) is 18.9 Å². The molecule has 2 aromatic rings. The van der Waals surface area contributed by atoms with Crippen LogP contribution in [0.25, 0.3) is 0 Å². The first-order valence-electron chi connectivity index (χ1n) is 13.0. The predicted molar refractivity (Wildman–Crippen MR) is 154 cm³/mol. The van der Waals surface area contributed by atoms with Gasteiger partial charge >= 0.3 is 22.4 Å². The molecule has 0 aromatic carbocycles. The number of nitrogens with zero attached hydrogens (tertiary/aromatic N) is 6. The van der Waals surface area contributed by atoms with E-state index in [4.69, 9.17) is 14.3 Å². The van der Waals surface area contributed by atoms with Crippen LogP contribution in [0.3, 0.4) is 0 Å². The molecule has 0 unspecified atom stereocenters. The van der Waals surface area contributed by atoms with Crippen LogP contribution in [0.1, 0.15) is 61.1 Å². The molecule has 2 aromatic heterocycles. The summed E-state index contributed by atoms with van der Waals surface area (Å²) in [5.74, 6) is -2.99. The lowest BCUT2D eigenvalue weighted by molar-refractivity contribution is -0.179. The van der Waals surface area contributed by atoms with Crippen LogP contribution in [-0.4, -0.2) is 95.7 Å². The molecule has 0 bridgehead atoms. The van der Waals surface area contributed by atoms with Crippen molar-refractivity contribution in [2.24, 2.45) is 5.16 Å². The van der Waals surface area contributed by atoms with Crippen LogP contribution in [-0.2, 0) is 45.5 Å². The van der Waals surface area contributed by atoms with Crippen LogP contribution < -0.4 is 10.6 Å². The Morgan fingerprint density at radius 3 is 2.27 bits per heavy atom. The fourth-order valence-corrected chi connectivity index (χ4v) is 5.06. The monoisotopic (exact) mass is 658 g/mol. The molecule has 1 saturated heterocycles. The molecule has 3 rings (SSSR count). The standard InChI is InChI=1S/C24H34N8O10S2/c1-22(2,3)40-19(35)24(7,8)42-29-15(13-12-43-20(26-13)28-21(36)41-23(4,5)6)17(33)27-16-14(11-31-10-9-25-30-31)32(18(16)34)44(37,38)39/h9-10,12,14,16H,11H2,1-8H3,(H,27,33)(H,26,28,36)(H,37,38,39)/b29-15-/t14-,16+/m1/s1. The molecule has 20 heteroatoms. The van der Waals surface area contributed by atoms with Gasteiger partial charge in [0, 0.05) is 11.6 Å². The van der Waals surface area contributed by atoms with Gasteiger partial charge in [0.2, 0.25) is 5.60 Å². The van der Waals surface area contributed by atoms with E-state index in [0.717, 1.165) is 11.3 Å². The van der Waals surface area contributed by atoms with Crippen molar-refractivity contribution in [3.63, 3.8) is 0 Å². The quantitative estimate of drug-likeness (QED) is 0.107. The van der Waals surface area contributed by atoms with Gasteiger partial charge in [0.15, 0.2) is 10.8 Å². The average molecular weight is 659 g/mol. The summed E-state index contributed by atoms with van der Waals surface area (Å²) in [5.41, 5.74) is -4.03. The molecule has 3 amide bonds. The Bertz CT molecular complexity index is 1540. The van der Waals surface area contributed by atoms with E-state index in [-0.39, 0.29) is 21.7 Å². The molecule has 1 aliphatic rings. The maximum Gasteiger partial charge on any atom is 0.413 e. The number of thiazole rings is 1. The SMILES string of the molecule is CC(C)(C)OC(=O)Nc1nc(/C(=N/OC(C)(C)C(=O)OC(C)(C)C)C(=O)N[C@@H]2C(=O)N(S(=O)(=O)O)[C@@H]2Cn2ccnn2)cs1. The molecule has 18 nitrogen and oxygen atoms in total. The Labute approximate surface area is 257 Å². The first kappa shape index (κ1) is 34.3. The second-order valence-corrected chi connectivity index (χ2v) is 14.1. The van der Waals surface area contributed by atoms with Gasteiger partial charge in [-0.15, -0.1) is 16.4 Å². The molecule has 1 aliphatic heterocycles. The lowest BCUT2D eigenvalue weighted by Crippen LogP contribution is -2.73. The number of rotatable bonds is 10. The van der Waals surface area contributed by atoms with Crippen LogP contribution >= 0.6 is 11.3 Å². The van der Waals surface area contributed by atoms with E-state index < -0.39 is 68.8 Å². The first-order chi connectivity index (χ1) is 20.1. The lowest BCUT2D eigenvalue weighted by Gasteiger charge is -2.43. The minimum Gasteiger partial charge on any atom is -0.457 e. The summed E-state index contributed by atoms with van der Waals surface area (Å²) in [6, 6.07) is -2.75. The number of hydrogen-bond acceptors (Lipinski definition) is 14. The normalized spacial score (nSPS) is 17.9. The van der Waals surface area contributed by atoms with Gasteiger partial charge in [-0.05, 0) is 55.4 Å². The first-order valence-corrected chi connectivity index (χ1v) is 15.3. The fraction of sp³-hybridized carbons (Fsp3) is 0.583. The number of aromatic nitrogens is 4. The van der Waals surface area contributed by atoms with E-state index in [0.29, 0.717) is 0 Å². The van der Waals surface area contributed by atoms with Crippen LogP contribution in [0, 0.1) is 0 Å². The second kappa shape index (κ2) is 12.4. The highest BCUT2D eigenvalue weighted by atomic mass is 32.2. The minimum absolute atomic E-state index is 0.0162. The van der Waals surface area contributed by atoms with E-state index in [1.165, 1.54) is 36.3 Å². The number of amides is 3. The van der Waals surface area contributed by atoms with Crippen LogP contribution in [0.5, 0.6) is 0 Å². The predicted octanol–water partition coefficient (Wildman–Crippen LogP) is 1.12. The number of carbonyl (C=O) groups excluding carboxylic acids is 4. The van der Waals surface area contributed by atoms with Crippen LogP contribution in [0.15, 0.2) is 22.9 Å². The van der Waals surface area contributed by atoms with Gasteiger partial charge < -0.3 is 19.6 Å². The zero-order valence-corrected chi connectivity index (χ0v) is 26.8. The molecule has 2 atom stereocenters. The van der Waals surface area contributed by atoms with E-state index >= 15 is 0 Å². The van der Waals surface area contributed by atoms with Gasteiger partial charge in [0.25, 0.3) is 11.8 Å². The third-order valence-corrected chi connectivity index (χ3v) is 7.08. The summed E-state index contributed by atoms with van der Waals surface area (Å²) < 4.78 is 45.3. The molecule has 242 valence electrons. The molecule has 0 saturated carbocycles. The number of β-lactam (4-membered cyclic amide) rings is 1. The van der Waals surface area contributed by atoms with Crippen LogP contribution in [0.4, 0.5) is 9.93 Å². The summed E-state index contributed by atoms with van der Waals surface area (Å²) >= 11 is 0.906. The van der Waals surface area contributed by atoms with E-state index in [2.05, 4.69) is 31.1 Å². The van der Waals surface area contributed by atoms with Crippen molar-refractivity contribution in [3.05, 3.63) is 23.5 Å². The lowest BCUT2D eigenvalue weighted by atomic mass is 9.98. The number of anilines is 1. The van der Waals surface area contributed by atoms with Crippen molar-refractivity contribution in [2.45, 2.75) is 90.8 Å². The molecular weight excluding hydrogens is 624 g/mol. The van der Waals surface area contributed by atoms with E-state index in [1.807, 2.05) is 0 Å². The molecule has 0 radical (unpaired) electrons. The van der Waals surface area contributed by atoms with Gasteiger partial charge in [0.1, 0.15) is 22.9 Å². The minimum atomic E-state index is -4.98. The van der Waals surface area contributed by atoms with Gasteiger partial charge in [-0.1, -0.05) is 10.4 Å². The number of hydrogen-bond donors (Lipinski definition) is 3. The molecule has 0 spiro atoms. The Morgan fingerprint density at radius 2 is 1.73 bits per heavy atom. The summed E-state index contributed by atoms with van der Waals surface area (Å²) in [7, 11) is -4.98. The number of ether oxygens (including phenoxy) is 2. The Balaban J connectivity index is 1.92. The molecular formula is C24H34N8O10S2. The topological polar surface area (TPSA) is 234 Å². The zero-order valence-electron chi connectivity index (χ0n) is 25.2. The Kier molecular flexibility index (Phi) is 9.71. The number of carbonyl (C=O) groups is 4. The van der Waals surface area contributed by atoms with Gasteiger partial charge in [0.05, 0.1) is 18.8 Å². The van der Waals surface area contributed by atoms with Crippen molar-refractivity contribution in [1.82, 2.24) is 29.6 Å². The van der Waals surface area contributed by atoms with Crippen molar-refractivity contribution < 1.29 is 46.5 Å². The molecule has 3 heterocycles. The fourth-order valence-electron chi connectivity index (χ4n) is 3.51. The molecule has 3 N–H and O–H groups in total. The van der Waals surface area contributed by atoms with E-state index in [9.17, 15) is 32.1 Å². The van der Waals surface area contributed by atoms with Crippen molar-refractivity contribution in [2.75, 3.05) is 5.32 Å². The summed E-state index contributed by atoms with van der Waals surface area (Å²) in [6.07, 6.45) is 1.88. The summed E-state index contributed by atoms with van der Waals surface area (Å²) in [4.78, 5) is 60.8. The third-order valence-electron chi connectivity index (χ3n) is 5.38. The highest BCUT2D eigenvalue weighted by Crippen LogP contribution is 2.26. The van der Waals surface area contributed by atoms with Crippen molar-refractivity contribution in [3.8, 4) is 0 Å². The third kappa shape index (κ3) is 8.92. The summed E-state index contributed by atoms with van der Waals surface area (Å²) in [5, 5.41) is 17.3. The van der Waals surface area contributed by atoms with Gasteiger partial charge in [-0.2, -0.15) is 8.42 Å². The highest BCUT2D eigenvalue weighted by Gasteiger charge is 2.54. The summed E-state index contributed by atoms with van der Waals surface area (Å²) in [6.45, 7) is 12.4. The van der Waals surface area contributed by atoms with Crippen molar-refractivity contribution >= 4 is 56.4 Å². The molecule has 1 fully saturated rings. The number of oxime groups is 1. The largest absolute Gasteiger partial charge is 0.457 e. The average Bonchev–Trinajstić information content (AvgIpc) is 3.51. The number of nitrogens with one attached hydrogen (secondary N) is 2. The maximum atomic E-state index is 13.5. The Morgan fingerprint density at radius 1 is 1.09 bits per heavy atom. The van der Waals surface area contributed by atoms with Gasteiger partial charge in [-0.3, -0.25) is 24.1 Å². The Hall–Kier alpha value is -4.17. The molecule has 44 heavy (non-hydrogen) atoms. The van der Waals surface area contributed by atoms with E-state index in [1.54, 1.807) is 41.5 Å². The zero-order chi connectivity index (χ0) is 33.3. The maximum absolute atomic E-state index is 13.5. The number of esters is 1. The van der Waals surface area contributed by atoms with Crippen LogP contribution in [0.2, 0.25) is 0 Å².